The summed E-state index contributed by atoms with van der Waals surface area (Å²) in [6, 6.07) is 2.29. The molecule has 4 rings (SSSR count). The van der Waals surface area contributed by atoms with E-state index < -0.39 is 0 Å². The van der Waals surface area contributed by atoms with Crippen molar-refractivity contribution in [1.82, 2.24) is 4.90 Å². The van der Waals surface area contributed by atoms with E-state index in [0.717, 1.165) is 31.3 Å². The summed E-state index contributed by atoms with van der Waals surface area (Å²) in [5.74, 6) is -0.988. The highest BCUT2D eigenvalue weighted by atomic mass is 35.5. The summed E-state index contributed by atoms with van der Waals surface area (Å²) in [6.45, 7) is 0. The van der Waals surface area contributed by atoms with Crippen molar-refractivity contribution in [2.24, 2.45) is 11.8 Å². The van der Waals surface area contributed by atoms with Crippen LogP contribution in [0.5, 0.6) is 0 Å². The van der Waals surface area contributed by atoms with Crippen molar-refractivity contribution >= 4 is 23.4 Å². The maximum atomic E-state index is 12.9. The van der Waals surface area contributed by atoms with E-state index in [9.17, 15) is 14.9 Å². The van der Waals surface area contributed by atoms with E-state index >= 15 is 0 Å². The van der Waals surface area contributed by atoms with Crippen molar-refractivity contribution in [1.29, 1.82) is 5.26 Å². The summed E-state index contributed by atoms with van der Waals surface area (Å²) in [5, 5.41) is 10.3. The summed E-state index contributed by atoms with van der Waals surface area (Å²) in [7, 11) is 0. The second kappa shape index (κ2) is 5.89. The highest BCUT2D eigenvalue weighted by Gasteiger charge is 2.50. The van der Waals surface area contributed by atoms with Crippen molar-refractivity contribution in [3.05, 3.63) is 33.5 Å². The standard InChI is InChI=1S/C19H19ClN2O2/c20-12-6-7-14-15(9-12)19(24)22(18(14)23)17-8-11-4-2-1-3-5-13(11)16(17)10-21/h6,14-15H,1-5,7-9H2/t14-,15-/m1/s1. The Hall–Kier alpha value is -1.86. The van der Waals surface area contributed by atoms with Crippen LogP contribution in [0.4, 0.5) is 0 Å². The molecule has 1 heterocycles. The predicted octanol–water partition coefficient (Wildman–Crippen LogP) is 3.95. The molecular weight excluding hydrogens is 324 g/mol. The van der Waals surface area contributed by atoms with Gasteiger partial charge in [0.15, 0.2) is 0 Å². The molecule has 5 heteroatoms. The molecule has 1 saturated heterocycles. The molecule has 0 unspecified atom stereocenters. The van der Waals surface area contributed by atoms with Gasteiger partial charge >= 0.3 is 0 Å². The number of fused-ring (bicyclic) bond motifs is 1. The summed E-state index contributed by atoms with van der Waals surface area (Å²) in [5.41, 5.74) is 3.55. The van der Waals surface area contributed by atoms with Gasteiger partial charge in [0.1, 0.15) is 6.07 Å². The molecule has 3 aliphatic carbocycles. The smallest absolute Gasteiger partial charge is 0.237 e. The van der Waals surface area contributed by atoms with Crippen LogP contribution in [0.2, 0.25) is 0 Å². The van der Waals surface area contributed by atoms with Crippen LogP contribution in [0.15, 0.2) is 33.5 Å². The lowest BCUT2D eigenvalue weighted by molar-refractivity contribution is -0.137. The highest BCUT2D eigenvalue weighted by Crippen LogP contribution is 2.46. The molecule has 0 aromatic rings. The highest BCUT2D eigenvalue weighted by molar-refractivity contribution is 6.30. The lowest BCUT2D eigenvalue weighted by Crippen LogP contribution is -2.30. The van der Waals surface area contributed by atoms with Gasteiger partial charge in [0.05, 0.1) is 23.1 Å². The topological polar surface area (TPSA) is 61.2 Å². The van der Waals surface area contributed by atoms with Gasteiger partial charge < -0.3 is 0 Å². The molecule has 0 N–H and O–H groups in total. The van der Waals surface area contributed by atoms with Crippen LogP contribution in [0.3, 0.4) is 0 Å². The predicted molar refractivity (Wildman–Crippen MR) is 89.4 cm³/mol. The molecule has 0 aromatic carbocycles. The van der Waals surface area contributed by atoms with Crippen LogP contribution in [0.25, 0.3) is 0 Å². The summed E-state index contributed by atoms with van der Waals surface area (Å²) in [4.78, 5) is 27.0. The van der Waals surface area contributed by atoms with E-state index in [1.54, 1.807) is 0 Å². The van der Waals surface area contributed by atoms with Crippen molar-refractivity contribution in [2.45, 2.75) is 51.4 Å². The fourth-order valence-corrected chi connectivity index (χ4v) is 4.78. The quantitative estimate of drug-likeness (QED) is 0.678. The third-order valence-electron chi connectivity index (χ3n) is 5.75. The molecule has 0 bridgehead atoms. The minimum absolute atomic E-state index is 0.147. The van der Waals surface area contributed by atoms with Gasteiger partial charge in [-0.1, -0.05) is 29.7 Å². The minimum atomic E-state index is -0.358. The number of nitriles is 1. The largest absolute Gasteiger partial charge is 0.274 e. The number of amides is 2. The first kappa shape index (κ1) is 15.7. The number of imide groups is 1. The van der Waals surface area contributed by atoms with Crippen LogP contribution in [0.1, 0.15) is 51.4 Å². The van der Waals surface area contributed by atoms with Crippen molar-refractivity contribution < 1.29 is 9.59 Å². The second-order valence-corrected chi connectivity index (χ2v) is 7.55. The van der Waals surface area contributed by atoms with Crippen LogP contribution in [-0.4, -0.2) is 16.7 Å². The molecule has 4 aliphatic rings. The number of likely N-dealkylation sites (tertiary alicyclic amines) is 1. The Labute approximate surface area is 146 Å². The van der Waals surface area contributed by atoms with Gasteiger partial charge in [0, 0.05) is 11.5 Å². The van der Waals surface area contributed by atoms with Crippen LogP contribution >= 0.6 is 11.6 Å². The average molecular weight is 343 g/mol. The van der Waals surface area contributed by atoms with Crippen LogP contribution < -0.4 is 0 Å². The molecular formula is C19H19ClN2O2. The molecule has 2 amide bonds. The zero-order valence-electron chi connectivity index (χ0n) is 13.5. The normalized spacial score (nSPS) is 30.2. The lowest BCUT2D eigenvalue weighted by Gasteiger charge is -2.18. The molecule has 1 fully saturated rings. The van der Waals surface area contributed by atoms with Gasteiger partial charge in [0.25, 0.3) is 0 Å². The number of rotatable bonds is 1. The minimum Gasteiger partial charge on any atom is -0.274 e. The lowest BCUT2D eigenvalue weighted by atomic mass is 9.85. The van der Waals surface area contributed by atoms with Crippen LogP contribution in [0, 0.1) is 23.2 Å². The molecule has 24 heavy (non-hydrogen) atoms. The molecule has 0 saturated carbocycles. The third kappa shape index (κ3) is 2.26. The van der Waals surface area contributed by atoms with Crippen molar-refractivity contribution in [3.8, 4) is 6.07 Å². The Kier molecular flexibility index (Phi) is 3.85. The van der Waals surface area contributed by atoms with Gasteiger partial charge in [0.2, 0.25) is 11.8 Å². The first-order chi connectivity index (χ1) is 11.6. The summed E-state index contributed by atoms with van der Waals surface area (Å²) in [6.07, 6.45) is 8.62. The third-order valence-corrected chi connectivity index (χ3v) is 6.06. The van der Waals surface area contributed by atoms with Gasteiger partial charge in [-0.25, -0.2) is 0 Å². The fraction of sp³-hybridized carbons (Fsp3) is 0.526. The van der Waals surface area contributed by atoms with Crippen molar-refractivity contribution in [3.63, 3.8) is 0 Å². The van der Waals surface area contributed by atoms with Gasteiger partial charge in [-0.3, -0.25) is 14.5 Å². The summed E-state index contributed by atoms with van der Waals surface area (Å²) >= 11 is 6.08. The van der Waals surface area contributed by atoms with Gasteiger partial charge in [-0.2, -0.15) is 5.26 Å². The Balaban J connectivity index is 1.70. The molecule has 0 aromatic heterocycles. The maximum absolute atomic E-state index is 12.9. The van der Waals surface area contributed by atoms with E-state index in [1.165, 1.54) is 16.9 Å². The fourth-order valence-electron chi connectivity index (χ4n) is 4.52. The van der Waals surface area contributed by atoms with Crippen molar-refractivity contribution in [2.75, 3.05) is 0 Å². The molecule has 124 valence electrons. The molecule has 0 spiro atoms. The maximum Gasteiger partial charge on any atom is 0.237 e. The monoisotopic (exact) mass is 342 g/mol. The van der Waals surface area contributed by atoms with Crippen LogP contribution in [-0.2, 0) is 9.59 Å². The van der Waals surface area contributed by atoms with Gasteiger partial charge in [-0.15, -0.1) is 0 Å². The van der Waals surface area contributed by atoms with E-state index in [2.05, 4.69) is 6.07 Å². The second-order valence-electron chi connectivity index (χ2n) is 7.07. The Bertz CT molecular complexity index is 769. The van der Waals surface area contributed by atoms with E-state index in [1.807, 2.05) is 6.08 Å². The van der Waals surface area contributed by atoms with Gasteiger partial charge in [-0.05, 0) is 44.1 Å². The van der Waals surface area contributed by atoms with E-state index in [-0.39, 0.29) is 23.7 Å². The number of halogens is 1. The molecule has 2 atom stereocenters. The molecule has 0 radical (unpaired) electrons. The number of nitrogens with zero attached hydrogens (tertiary/aromatic N) is 2. The Morgan fingerprint density at radius 3 is 2.67 bits per heavy atom. The Morgan fingerprint density at radius 1 is 1.12 bits per heavy atom. The summed E-state index contributed by atoms with van der Waals surface area (Å²) < 4.78 is 0. The average Bonchev–Trinajstić information content (AvgIpc) is 2.90. The van der Waals surface area contributed by atoms with E-state index in [4.69, 9.17) is 11.6 Å². The Morgan fingerprint density at radius 2 is 1.88 bits per heavy atom. The molecule has 1 aliphatic heterocycles. The number of carbonyl (C=O) groups excluding carboxylic acids is 2. The first-order valence-electron chi connectivity index (χ1n) is 8.68. The number of allylic oxidation sites excluding steroid dienone is 5. The SMILES string of the molecule is N#CC1=C(N2C(=O)[C@@H]3CC=C(Cl)C[C@H]3C2=O)CC2=C1CCCCC2. The van der Waals surface area contributed by atoms with E-state index in [0.29, 0.717) is 35.6 Å². The first-order valence-corrected chi connectivity index (χ1v) is 9.06. The zero-order chi connectivity index (χ0) is 16.8. The number of hydrogen-bond acceptors (Lipinski definition) is 3. The number of hydrogen-bond donors (Lipinski definition) is 0. The molecule has 4 nitrogen and oxygen atoms in total. The zero-order valence-corrected chi connectivity index (χ0v) is 14.2. The number of carbonyl (C=O) groups is 2.